The quantitative estimate of drug-likeness (QED) is 0.334. The summed E-state index contributed by atoms with van der Waals surface area (Å²) in [6, 6.07) is 26.4. The van der Waals surface area contributed by atoms with Gasteiger partial charge in [-0.05, 0) is 50.9 Å². The molecule has 1 unspecified atom stereocenters. The normalized spacial score (nSPS) is 23.2. The number of hydrogen-bond donors (Lipinski definition) is 0. The fraction of sp³-hybridized carbons (Fsp3) is 0.120. The van der Waals surface area contributed by atoms with Crippen LogP contribution in [0.25, 0.3) is 16.7 Å². The molecule has 0 aliphatic heterocycles. The van der Waals surface area contributed by atoms with Gasteiger partial charge in [-0.15, -0.1) is 11.6 Å². The first-order chi connectivity index (χ1) is 13.2. The van der Waals surface area contributed by atoms with Crippen molar-refractivity contribution in [2.75, 3.05) is 0 Å². The van der Waals surface area contributed by atoms with Gasteiger partial charge in [0.15, 0.2) is 0 Å². The second-order valence-electron chi connectivity index (χ2n) is 7.49. The van der Waals surface area contributed by atoms with Gasteiger partial charge < -0.3 is 0 Å². The zero-order chi connectivity index (χ0) is 18.2. The second kappa shape index (κ2) is 5.25. The highest BCUT2D eigenvalue weighted by atomic mass is 79.9. The van der Waals surface area contributed by atoms with Gasteiger partial charge >= 0.3 is 0 Å². The van der Waals surface area contributed by atoms with Crippen LogP contribution in [0.4, 0.5) is 0 Å². The molecule has 27 heavy (non-hydrogen) atoms. The molecule has 3 aliphatic rings. The van der Waals surface area contributed by atoms with Crippen LogP contribution in [0.1, 0.15) is 28.7 Å². The molecule has 2 heteroatoms. The van der Waals surface area contributed by atoms with E-state index >= 15 is 0 Å². The van der Waals surface area contributed by atoms with Crippen LogP contribution in [0.2, 0.25) is 0 Å². The van der Waals surface area contributed by atoms with Crippen LogP contribution in [0.3, 0.4) is 0 Å². The number of halogens is 2. The Hall–Kier alpha value is -2.09. The van der Waals surface area contributed by atoms with Gasteiger partial charge in [-0.1, -0.05) is 101 Å². The third kappa shape index (κ3) is 1.80. The van der Waals surface area contributed by atoms with E-state index in [0.29, 0.717) is 0 Å². The molecular formula is C25H16BrCl. The summed E-state index contributed by atoms with van der Waals surface area (Å²) in [6.07, 6.45) is 5.29. The maximum Gasteiger partial charge on any atom is 0.128 e. The molecule has 0 N–H and O–H groups in total. The van der Waals surface area contributed by atoms with Crippen LogP contribution < -0.4 is 0 Å². The van der Waals surface area contributed by atoms with Crippen molar-refractivity contribution in [1.82, 2.24) is 0 Å². The molecule has 0 aromatic heterocycles. The highest BCUT2D eigenvalue weighted by molar-refractivity contribution is 9.10. The fourth-order valence-electron chi connectivity index (χ4n) is 5.35. The first kappa shape index (κ1) is 15.9. The molecule has 130 valence electrons. The lowest BCUT2D eigenvalue weighted by atomic mass is 9.69. The van der Waals surface area contributed by atoms with Crippen molar-refractivity contribution in [3.05, 3.63) is 113 Å². The fourth-order valence-corrected chi connectivity index (χ4v) is 6.26. The van der Waals surface area contributed by atoms with E-state index in [1.165, 1.54) is 44.5 Å². The molecule has 3 aromatic rings. The number of benzene rings is 3. The summed E-state index contributed by atoms with van der Waals surface area (Å²) >= 11 is 10.9. The molecular weight excluding hydrogens is 416 g/mol. The molecule has 0 saturated carbocycles. The predicted octanol–water partition coefficient (Wildman–Crippen LogP) is 7.06. The third-order valence-electron chi connectivity index (χ3n) is 6.25. The van der Waals surface area contributed by atoms with Gasteiger partial charge in [-0.2, -0.15) is 0 Å². The summed E-state index contributed by atoms with van der Waals surface area (Å²) in [6.45, 7) is 0. The molecule has 0 heterocycles. The van der Waals surface area contributed by atoms with Crippen LogP contribution in [0, 0.1) is 0 Å². The van der Waals surface area contributed by atoms with E-state index in [-0.39, 0.29) is 5.41 Å². The van der Waals surface area contributed by atoms with Crippen LogP contribution >= 0.6 is 27.5 Å². The smallest absolute Gasteiger partial charge is 0.101 e. The minimum Gasteiger partial charge on any atom is -0.101 e. The van der Waals surface area contributed by atoms with Crippen molar-refractivity contribution in [2.24, 2.45) is 0 Å². The summed E-state index contributed by atoms with van der Waals surface area (Å²) in [4.78, 5) is 0. The van der Waals surface area contributed by atoms with Gasteiger partial charge in [-0.25, -0.2) is 0 Å². The molecule has 1 atom stereocenters. The summed E-state index contributed by atoms with van der Waals surface area (Å²) < 4.78 is -0.566. The summed E-state index contributed by atoms with van der Waals surface area (Å²) in [5.41, 5.74) is 10.2. The lowest BCUT2D eigenvalue weighted by Crippen LogP contribution is -2.28. The Balaban J connectivity index is 1.85. The summed E-state index contributed by atoms with van der Waals surface area (Å²) in [7, 11) is 0. The van der Waals surface area contributed by atoms with Gasteiger partial charge in [0.05, 0.1) is 5.41 Å². The average Bonchev–Trinajstić information content (AvgIpc) is 3.16. The van der Waals surface area contributed by atoms with Crippen molar-refractivity contribution < 1.29 is 0 Å². The zero-order valence-corrected chi connectivity index (χ0v) is 16.9. The molecule has 3 aliphatic carbocycles. The Labute approximate surface area is 172 Å². The van der Waals surface area contributed by atoms with E-state index in [1.54, 1.807) is 0 Å². The third-order valence-corrected chi connectivity index (χ3v) is 7.31. The monoisotopic (exact) mass is 430 g/mol. The van der Waals surface area contributed by atoms with Crippen LogP contribution in [0.15, 0.2) is 90.5 Å². The molecule has 0 bridgehead atoms. The van der Waals surface area contributed by atoms with Gasteiger partial charge in [0.1, 0.15) is 3.78 Å². The SMILES string of the molecule is ClC1(Br)CC=CC2=C1c1ccccc1C21c2ccccc2-c2ccccc21. The standard InChI is InChI=1S/C25H16BrCl/c26-24(27)15-7-14-22-23(24)18-10-3-6-13-21(18)25(22)19-11-4-1-8-16(19)17-9-2-5-12-20(17)25/h1-14H,15H2. The van der Waals surface area contributed by atoms with Crippen molar-refractivity contribution in [3.8, 4) is 11.1 Å². The molecule has 6 rings (SSSR count). The Kier molecular flexibility index (Phi) is 3.09. The first-order valence-corrected chi connectivity index (χ1v) is 10.4. The molecule has 0 nitrogen and oxygen atoms in total. The van der Waals surface area contributed by atoms with E-state index in [4.69, 9.17) is 11.6 Å². The maximum absolute atomic E-state index is 7.02. The van der Waals surface area contributed by atoms with Gasteiger partial charge in [0, 0.05) is 0 Å². The molecule has 0 radical (unpaired) electrons. The highest BCUT2D eigenvalue weighted by Crippen LogP contribution is 2.65. The predicted molar refractivity (Wildman–Crippen MR) is 116 cm³/mol. The lowest BCUT2D eigenvalue weighted by Gasteiger charge is -2.33. The van der Waals surface area contributed by atoms with E-state index in [2.05, 4.69) is 101 Å². The number of alkyl halides is 2. The highest BCUT2D eigenvalue weighted by Gasteiger charge is 2.55. The first-order valence-electron chi connectivity index (χ1n) is 9.24. The minimum atomic E-state index is -0.566. The molecule has 0 amide bonds. The molecule has 0 fully saturated rings. The summed E-state index contributed by atoms with van der Waals surface area (Å²) in [5, 5.41) is 0. The van der Waals surface area contributed by atoms with Crippen molar-refractivity contribution in [1.29, 1.82) is 0 Å². The van der Waals surface area contributed by atoms with Crippen molar-refractivity contribution >= 4 is 33.1 Å². The summed E-state index contributed by atoms with van der Waals surface area (Å²) in [5.74, 6) is 0. The lowest BCUT2D eigenvalue weighted by molar-refractivity contribution is 0.779. The number of hydrogen-bond acceptors (Lipinski definition) is 0. The largest absolute Gasteiger partial charge is 0.128 e. The maximum atomic E-state index is 7.02. The minimum absolute atomic E-state index is 0.288. The molecule has 0 saturated heterocycles. The topological polar surface area (TPSA) is 0 Å². The van der Waals surface area contributed by atoms with E-state index < -0.39 is 3.78 Å². The van der Waals surface area contributed by atoms with E-state index in [9.17, 15) is 0 Å². The zero-order valence-electron chi connectivity index (χ0n) is 14.5. The number of allylic oxidation sites excluding steroid dienone is 4. The number of rotatable bonds is 0. The van der Waals surface area contributed by atoms with Crippen molar-refractivity contribution in [2.45, 2.75) is 15.6 Å². The average molecular weight is 432 g/mol. The Morgan fingerprint density at radius 3 is 1.78 bits per heavy atom. The molecule has 1 spiro atoms. The van der Waals surface area contributed by atoms with E-state index in [0.717, 1.165) is 6.42 Å². The van der Waals surface area contributed by atoms with Crippen LogP contribution in [0.5, 0.6) is 0 Å². The van der Waals surface area contributed by atoms with Gasteiger partial charge in [-0.3, -0.25) is 0 Å². The second-order valence-corrected chi connectivity index (χ2v) is 9.94. The van der Waals surface area contributed by atoms with Gasteiger partial charge in [0.2, 0.25) is 0 Å². The number of fused-ring (bicyclic) bond motifs is 9. The van der Waals surface area contributed by atoms with Gasteiger partial charge in [0.25, 0.3) is 0 Å². The van der Waals surface area contributed by atoms with E-state index in [1.807, 2.05) is 0 Å². The Morgan fingerprint density at radius 2 is 1.19 bits per heavy atom. The molecule has 3 aromatic carbocycles. The Bertz CT molecular complexity index is 1140. The van der Waals surface area contributed by atoms with Crippen molar-refractivity contribution in [3.63, 3.8) is 0 Å². The van der Waals surface area contributed by atoms with Crippen LogP contribution in [-0.2, 0) is 5.41 Å². The Morgan fingerprint density at radius 1 is 0.704 bits per heavy atom. The van der Waals surface area contributed by atoms with Crippen LogP contribution in [-0.4, -0.2) is 3.78 Å².